The maximum Gasteiger partial charge on any atom is 0.221 e. The molecule has 20 heavy (non-hydrogen) atoms. The highest BCUT2D eigenvalue weighted by Crippen LogP contribution is 2.22. The molecule has 3 nitrogen and oxygen atoms in total. The van der Waals surface area contributed by atoms with E-state index in [4.69, 9.17) is 0 Å². The number of benzene rings is 1. The van der Waals surface area contributed by atoms with E-state index in [1.165, 1.54) is 17.8 Å². The highest BCUT2D eigenvalue weighted by atomic mass is 32.2. The molecule has 1 fully saturated rings. The summed E-state index contributed by atoms with van der Waals surface area (Å²) in [6.45, 7) is 0. The van der Waals surface area contributed by atoms with Crippen LogP contribution in [0.4, 0.5) is 4.39 Å². The minimum atomic E-state index is -0.424. The van der Waals surface area contributed by atoms with Crippen LogP contribution >= 0.6 is 11.8 Å². The summed E-state index contributed by atoms with van der Waals surface area (Å²) in [7, 11) is 0. The van der Waals surface area contributed by atoms with E-state index in [1.54, 1.807) is 18.2 Å². The Hall–Kier alpha value is -1.07. The lowest BCUT2D eigenvalue weighted by molar-refractivity contribution is -0.122. The van der Waals surface area contributed by atoms with E-state index in [0.717, 1.165) is 25.7 Å². The van der Waals surface area contributed by atoms with Gasteiger partial charge in [0.15, 0.2) is 0 Å². The first-order valence-corrected chi connectivity index (χ1v) is 8.00. The van der Waals surface area contributed by atoms with Crippen LogP contribution in [0.5, 0.6) is 0 Å². The molecule has 1 saturated carbocycles. The Morgan fingerprint density at radius 3 is 2.85 bits per heavy atom. The number of thioether (sulfide) groups is 1. The van der Waals surface area contributed by atoms with Gasteiger partial charge in [0.05, 0.1) is 12.1 Å². The summed E-state index contributed by atoms with van der Waals surface area (Å²) < 4.78 is 13.4. The van der Waals surface area contributed by atoms with Crippen LogP contribution in [-0.4, -0.2) is 28.9 Å². The first-order valence-electron chi connectivity index (χ1n) is 7.01. The Morgan fingerprint density at radius 2 is 2.10 bits per heavy atom. The van der Waals surface area contributed by atoms with Crippen molar-refractivity contribution in [2.75, 3.05) is 5.75 Å². The van der Waals surface area contributed by atoms with Gasteiger partial charge < -0.3 is 10.4 Å². The number of halogens is 1. The molecule has 2 unspecified atom stereocenters. The maximum absolute atomic E-state index is 13.4. The standard InChI is InChI=1S/C15H20FNO2S/c16-11-5-1-4-8-14(11)20-10-9-15(19)17-12-6-2-3-7-13(12)18/h1,4-5,8,12-13,18H,2-3,6-7,9-10H2,(H,17,19). The first kappa shape index (κ1) is 15.3. The molecule has 1 aromatic carbocycles. The number of hydrogen-bond donors (Lipinski definition) is 2. The average Bonchev–Trinajstić information content (AvgIpc) is 2.43. The molecule has 110 valence electrons. The molecule has 0 saturated heterocycles. The number of nitrogens with one attached hydrogen (secondary N) is 1. The second-order valence-corrected chi connectivity index (χ2v) is 6.19. The smallest absolute Gasteiger partial charge is 0.221 e. The minimum absolute atomic E-state index is 0.0696. The van der Waals surface area contributed by atoms with Crippen LogP contribution in [0, 0.1) is 5.82 Å². The summed E-state index contributed by atoms with van der Waals surface area (Å²) in [5.74, 6) is 0.218. The fourth-order valence-corrected chi connectivity index (χ4v) is 3.26. The lowest BCUT2D eigenvalue weighted by Gasteiger charge is -2.28. The zero-order valence-corrected chi connectivity index (χ0v) is 12.2. The number of aliphatic hydroxyl groups is 1. The van der Waals surface area contributed by atoms with E-state index < -0.39 is 6.10 Å². The molecule has 0 aromatic heterocycles. The summed E-state index contributed by atoms with van der Waals surface area (Å²) in [5, 5.41) is 12.7. The van der Waals surface area contributed by atoms with Gasteiger partial charge in [-0.05, 0) is 25.0 Å². The van der Waals surface area contributed by atoms with Crippen molar-refractivity contribution in [1.29, 1.82) is 0 Å². The van der Waals surface area contributed by atoms with Crippen molar-refractivity contribution in [2.45, 2.75) is 49.1 Å². The largest absolute Gasteiger partial charge is 0.391 e. The highest BCUT2D eigenvalue weighted by Gasteiger charge is 2.24. The average molecular weight is 297 g/mol. The molecule has 0 heterocycles. The molecule has 5 heteroatoms. The number of carbonyl (C=O) groups excluding carboxylic acids is 1. The topological polar surface area (TPSA) is 49.3 Å². The highest BCUT2D eigenvalue weighted by molar-refractivity contribution is 7.99. The minimum Gasteiger partial charge on any atom is -0.391 e. The molecular formula is C15H20FNO2S. The predicted molar refractivity (Wildman–Crippen MR) is 78.1 cm³/mol. The van der Waals surface area contributed by atoms with Gasteiger partial charge in [0.1, 0.15) is 5.82 Å². The molecule has 0 radical (unpaired) electrons. The molecule has 0 aliphatic heterocycles. The molecule has 2 atom stereocenters. The molecule has 0 bridgehead atoms. The third-order valence-electron chi connectivity index (χ3n) is 3.50. The number of carbonyl (C=O) groups is 1. The van der Waals surface area contributed by atoms with E-state index >= 15 is 0 Å². The number of hydrogen-bond acceptors (Lipinski definition) is 3. The molecule has 1 amide bonds. The number of amides is 1. The SMILES string of the molecule is O=C(CCSc1ccccc1F)NC1CCCCC1O. The van der Waals surface area contributed by atoms with Crippen molar-refractivity contribution >= 4 is 17.7 Å². The van der Waals surface area contributed by atoms with Crippen LogP contribution in [0.1, 0.15) is 32.1 Å². The van der Waals surface area contributed by atoms with Gasteiger partial charge in [-0.2, -0.15) is 0 Å². The molecule has 0 spiro atoms. The quantitative estimate of drug-likeness (QED) is 0.822. The second kappa shape index (κ2) is 7.64. The third-order valence-corrected chi connectivity index (χ3v) is 4.55. The summed E-state index contributed by atoms with van der Waals surface area (Å²) in [4.78, 5) is 12.4. The summed E-state index contributed by atoms with van der Waals surface area (Å²) >= 11 is 1.34. The summed E-state index contributed by atoms with van der Waals surface area (Å²) in [6.07, 6.45) is 3.58. The third kappa shape index (κ3) is 4.49. The fourth-order valence-electron chi connectivity index (χ4n) is 2.37. The molecule has 2 N–H and O–H groups in total. The lowest BCUT2D eigenvalue weighted by Crippen LogP contribution is -2.45. The van der Waals surface area contributed by atoms with Crippen LogP contribution in [0.3, 0.4) is 0 Å². The Morgan fingerprint density at radius 1 is 1.35 bits per heavy atom. The molecule has 1 aromatic rings. The van der Waals surface area contributed by atoms with Crippen molar-refractivity contribution in [3.63, 3.8) is 0 Å². The van der Waals surface area contributed by atoms with Crippen molar-refractivity contribution < 1.29 is 14.3 Å². The van der Waals surface area contributed by atoms with Gasteiger partial charge >= 0.3 is 0 Å². The van der Waals surface area contributed by atoms with Gasteiger partial charge in [-0.1, -0.05) is 25.0 Å². The first-order chi connectivity index (χ1) is 9.66. The van der Waals surface area contributed by atoms with Gasteiger partial charge in [-0.3, -0.25) is 4.79 Å². The van der Waals surface area contributed by atoms with Gasteiger partial charge in [-0.25, -0.2) is 4.39 Å². The van der Waals surface area contributed by atoms with Crippen LogP contribution < -0.4 is 5.32 Å². The van der Waals surface area contributed by atoms with Crippen LogP contribution in [0.25, 0.3) is 0 Å². The molecule has 2 rings (SSSR count). The van der Waals surface area contributed by atoms with E-state index in [1.807, 2.05) is 0 Å². The van der Waals surface area contributed by atoms with Gasteiger partial charge in [0, 0.05) is 17.1 Å². The zero-order chi connectivity index (χ0) is 14.4. The van der Waals surface area contributed by atoms with Crippen molar-refractivity contribution in [1.82, 2.24) is 5.32 Å². The lowest BCUT2D eigenvalue weighted by atomic mass is 9.92. The predicted octanol–water partition coefficient (Wildman–Crippen LogP) is 2.73. The van der Waals surface area contributed by atoms with Crippen molar-refractivity contribution in [3.05, 3.63) is 30.1 Å². The van der Waals surface area contributed by atoms with Gasteiger partial charge in [0.25, 0.3) is 0 Å². The van der Waals surface area contributed by atoms with E-state index in [9.17, 15) is 14.3 Å². The van der Waals surface area contributed by atoms with Crippen LogP contribution in [0.15, 0.2) is 29.2 Å². The normalized spacial score (nSPS) is 22.5. The number of aliphatic hydroxyl groups excluding tert-OH is 1. The van der Waals surface area contributed by atoms with Gasteiger partial charge in [-0.15, -0.1) is 11.8 Å². The van der Waals surface area contributed by atoms with Crippen LogP contribution in [0.2, 0.25) is 0 Å². The van der Waals surface area contributed by atoms with E-state index in [2.05, 4.69) is 5.32 Å². The van der Waals surface area contributed by atoms with Crippen molar-refractivity contribution in [2.24, 2.45) is 0 Å². The van der Waals surface area contributed by atoms with E-state index in [0.29, 0.717) is 17.1 Å². The molecule has 1 aliphatic carbocycles. The fraction of sp³-hybridized carbons (Fsp3) is 0.533. The molecular weight excluding hydrogens is 277 g/mol. The van der Waals surface area contributed by atoms with E-state index in [-0.39, 0.29) is 17.8 Å². The van der Waals surface area contributed by atoms with Crippen molar-refractivity contribution in [3.8, 4) is 0 Å². The number of rotatable bonds is 5. The van der Waals surface area contributed by atoms with Crippen LogP contribution in [-0.2, 0) is 4.79 Å². The Bertz CT molecular complexity index is 455. The second-order valence-electron chi connectivity index (χ2n) is 5.05. The summed E-state index contributed by atoms with van der Waals surface area (Å²) in [6, 6.07) is 6.44. The monoisotopic (exact) mass is 297 g/mol. The Balaban J connectivity index is 1.71. The Labute approximate surface area is 123 Å². The van der Waals surface area contributed by atoms with Gasteiger partial charge in [0.2, 0.25) is 5.91 Å². The molecule has 1 aliphatic rings. The zero-order valence-electron chi connectivity index (χ0n) is 11.3. The maximum atomic E-state index is 13.4. The Kier molecular flexibility index (Phi) is 5.86. The summed E-state index contributed by atoms with van der Waals surface area (Å²) in [5.41, 5.74) is 0.